The van der Waals surface area contributed by atoms with Crippen molar-refractivity contribution in [3.05, 3.63) is 23.3 Å². The fraction of sp³-hybridized carbons (Fsp3) is 0.706. The summed E-state index contributed by atoms with van der Waals surface area (Å²) in [6, 6.07) is 2.12. The van der Waals surface area contributed by atoms with E-state index in [9.17, 15) is 9.83 Å². The Bertz CT molecular complexity index is 449. The van der Waals surface area contributed by atoms with E-state index in [-0.39, 0.29) is 6.16 Å². The van der Waals surface area contributed by atoms with E-state index in [1.807, 2.05) is 6.08 Å². The average Bonchev–Trinajstić information content (AvgIpc) is 2.43. The first-order valence-corrected chi connectivity index (χ1v) is 9.70. The molecule has 4 nitrogen and oxygen atoms in total. The van der Waals surface area contributed by atoms with Crippen LogP contribution in [0.4, 0.5) is 0 Å². The van der Waals surface area contributed by atoms with Crippen LogP contribution in [0.1, 0.15) is 53.9 Å². The summed E-state index contributed by atoms with van der Waals surface area (Å²) in [5.41, 5.74) is 1.81. The Balaban J connectivity index is 4.58. The third-order valence-electron chi connectivity index (χ3n) is 3.14. The monoisotopic (exact) mass is 327 g/mol. The molecule has 5 heteroatoms. The molecule has 0 heterocycles. The normalized spacial score (nSPS) is 13.5. The lowest BCUT2D eigenvalue weighted by Crippen LogP contribution is -2.02. The summed E-state index contributed by atoms with van der Waals surface area (Å²) in [5.74, 6) is 0.484. The van der Waals surface area contributed by atoms with Gasteiger partial charge in [0.05, 0.1) is 25.4 Å². The van der Waals surface area contributed by atoms with Crippen LogP contribution in [0.25, 0.3) is 0 Å². The van der Waals surface area contributed by atoms with Crippen LogP contribution in [0.2, 0.25) is 0 Å². The van der Waals surface area contributed by atoms with E-state index in [4.69, 9.17) is 9.05 Å². The average molecular weight is 327 g/mol. The number of allylic oxidation sites excluding steroid dienone is 4. The van der Waals surface area contributed by atoms with Gasteiger partial charge in [-0.05, 0) is 52.9 Å². The van der Waals surface area contributed by atoms with Gasteiger partial charge in [-0.25, -0.2) is 0 Å². The van der Waals surface area contributed by atoms with Crippen LogP contribution < -0.4 is 0 Å². The third-order valence-corrected chi connectivity index (χ3v) is 5.17. The Labute approximate surface area is 135 Å². The fourth-order valence-corrected chi connectivity index (χ4v) is 3.65. The Morgan fingerprint density at radius 1 is 1.23 bits per heavy atom. The lowest BCUT2D eigenvalue weighted by atomic mass is 10.00. The second kappa shape index (κ2) is 11.7. The molecular weight excluding hydrogens is 297 g/mol. The first-order valence-electron chi connectivity index (χ1n) is 7.97. The van der Waals surface area contributed by atoms with Gasteiger partial charge in [0.25, 0.3) is 0 Å². The summed E-state index contributed by atoms with van der Waals surface area (Å²) in [6.07, 6.45) is 7.09. The minimum absolute atomic E-state index is 0.0614. The highest BCUT2D eigenvalue weighted by atomic mass is 31.2. The topological polar surface area (TPSA) is 59.3 Å². The van der Waals surface area contributed by atoms with Gasteiger partial charge in [-0.2, -0.15) is 5.26 Å². The number of hydrogen-bond donors (Lipinski definition) is 0. The van der Waals surface area contributed by atoms with Crippen LogP contribution in [-0.2, 0) is 13.6 Å². The highest BCUT2D eigenvalue weighted by molar-refractivity contribution is 7.54. The summed E-state index contributed by atoms with van der Waals surface area (Å²) in [6.45, 7) is 10.5. The molecular formula is C17H30NO3P. The zero-order chi connectivity index (χ0) is 17.0. The predicted molar refractivity (Wildman–Crippen MR) is 91.9 cm³/mol. The molecule has 0 aromatic rings. The van der Waals surface area contributed by atoms with Crippen molar-refractivity contribution in [1.82, 2.24) is 0 Å². The molecule has 0 aromatic heterocycles. The summed E-state index contributed by atoms with van der Waals surface area (Å²) in [4.78, 5) is 0. The molecule has 22 heavy (non-hydrogen) atoms. The molecule has 0 saturated heterocycles. The second-order valence-corrected chi connectivity index (χ2v) is 7.70. The molecule has 0 fully saturated rings. The predicted octanol–water partition coefficient (Wildman–Crippen LogP) is 5.48. The molecule has 0 radical (unpaired) electrons. The van der Waals surface area contributed by atoms with Gasteiger partial charge in [-0.3, -0.25) is 4.57 Å². The van der Waals surface area contributed by atoms with Gasteiger partial charge in [0.15, 0.2) is 0 Å². The van der Waals surface area contributed by atoms with Gasteiger partial charge in [0.2, 0.25) is 0 Å². The molecule has 0 aliphatic rings. The van der Waals surface area contributed by atoms with Crippen LogP contribution in [0.3, 0.4) is 0 Å². The zero-order valence-electron chi connectivity index (χ0n) is 14.6. The van der Waals surface area contributed by atoms with Gasteiger partial charge in [0, 0.05) is 5.57 Å². The van der Waals surface area contributed by atoms with E-state index in [2.05, 4.69) is 32.9 Å². The van der Waals surface area contributed by atoms with Gasteiger partial charge >= 0.3 is 7.60 Å². The van der Waals surface area contributed by atoms with Gasteiger partial charge in [-0.1, -0.05) is 24.6 Å². The molecule has 126 valence electrons. The van der Waals surface area contributed by atoms with Crippen molar-refractivity contribution in [2.45, 2.75) is 53.9 Å². The first-order chi connectivity index (χ1) is 10.4. The van der Waals surface area contributed by atoms with Crippen LogP contribution in [0, 0.1) is 17.2 Å². The Morgan fingerprint density at radius 3 is 2.27 bits per heavy atom. The largest absolute Gasteiger partial charge is 0.335 e. The smallest absolute Gasteiger partial charge is 0.309 e. The van der Waals surface area contributed by atoms with Crippen LogP contribution in [-0.4, -0.2) is 19.4 Å². The lowest BCUT2D eigenvalue weighted by molar-refractivity contribution is 0.222. The summed E-state index contributed by atoms with van der Waals surface area (Å²) >= 11 is 0. The van der Waals surface area contributed by atoms with Gasteiger partial charge in [0.1, 0.15) is 0 Å². The number of rotatable bonds is 11. The minimum atomic E-state index is -3.19. The van der Waals surface area contributed by atoms with Crippen LogP contribution >= 0.6 is 7.60 Å². The van der Waals surface area contributed by atoms with Crippen molar-refractivity contribution in [3.8, 4) is 6.07 Å². The van der Waals surface area contributed by atoms with Crippen LogP contribution in [0.15, 0.2) is 23.3 Å². The lowest BCUT2D eigenvalue weighted by Gasteiger charge is -2.16. The van der Waals surface area contributed by atoms with E-state index in [1.54, 1.807) is 13.8 Å². The third kappa shape index (κ3) is 9.95. The molecule has 0 saturated carbocycles. The minimum Gasteiger partial charge on any atom is -0.309 e. The van der Waals surface area contributed by atoms with Gasteiger partial charge in [-0.15, -0.1) is 0 Å². The molecule has 0 spiro atoms. The maximum Gasteiger partial charge on any atom is 0.335 e. The van der Waals surface area contributed by atoms with E-state index in [0.717, 1.165) is 19.3 Å². The van der Waals surface area contributed by atoms with Gasteiger partial charge < -0.3 is 9.05 Å². The molecule has 0 amide bonds. The van der Waals surface area contributed by atoms with Crippen LogP contribution in [0.5, 0.6) is 0 Å². The van der Waals surface area contributed by atoms with Crippen molar-refractivity contribution in [2.24, 2.45) is 5.92 Å². The molecule has 0 rings (SSSR count). The van der Waals surface area contributed by atoms with E-state index >= 15 is 0 Å². The Kier molecular flexibility index (Phi) is 11.2. The van der Waals surface area contributed by atoms with Crippen molar-refractivity contribution in [1.29, 1.82) is 5.26 Å². The molecule has 1 unspecified atom stereocenters. The van der Waals surface area contributed by atoms with Crippen molar-refractivity contribution < 1.29 is 13.6 Å². The van der Waals surface area contributed by atoms with E-state index in [1.165, 1.54) is 5.57 Å². The second-order valence-electron chi connectivity index (χ2n) is 5.65. The maximum absolute atomic E-state index is 12.4. The standard InChI is InChI=1S/C17H30NO3P/c1-6-20-22(19,21-7-2)14-17(13-18)12-11-16(5)10-8-9-15(3)4/h9,12,16H,6-8,10-11,14H2,1-5H3/b17-12+. The SMILES string of the molecule is CCOP(=O)(C/C(C#N)=C/CC(C)CCC=C(C)C)OCC. The molecule has 1 atom stereocenters. The highest BCUT2D eigenvalue weighted by Gasteiger charge is 2.25. The summed E-state index contributed by atoms with van der Waals surface area (Å²) < 4.78 is 22.9. The Morgan fingerprint density at radius 2 is 1.82 bits per heavy atom. The molecule has 0 aliphatic heterocycles. The number of hydrogen-bond acceptors (Lipinski definition) is 4. The van der Waals surface area contributed by atoms with E-state index < -0.39 is 7.60 Å². The zero-order valence-corrected chi connectivity index (χ0v) is 15.5. The number of nitrogens with zero attached hydrogens (tertiary/aromatic N) is 1. The number of nitriles is 1. The highest BCUT2D eigenvalue weighted by Crippen LogP contribution is 2.49. The summed E-state index contributed by atoms with van der Waals surface area (Å²) in [5, 5.41) is 9.23. The first kappa shape index (κ1) is 21.1. The van der Waals surface area contributed by atoms with Crippen molar-refractivity contribution in [2.75, 3.05) is 19.4 Å². The summed E-state index contributed by atoms with van der Waals surface area (Å²) in [7, 11) is -3.19. The van der Waals surface area contributed by atoms with Crippen molar-refractivity contribution >= 4 is 7.60 Å². The maximum atomic E-state index is 12.4. The molecule has 0 bridgehead atoms. The molecule has 0 aliphatic carbocycles. The van der Waals surface area contributed by atoms with E-state index in [0.29, 0.717) is 24.7 Å². The Hall–Kier alpha value is -0.880. The quantitative estimate of drug-likeness (QED) is 0.286. The molecule has 0 N–H and O–H groups in total. The fourth-order valence-electron chi connectivity index (χ4n) is 1.99. The van der Waals surface area contributed by atoms with Crippen molar-refractivity contribution in [3.63, 3.8) is 0 Å². The molecule has 0 aromatic carbocycles.